The summed E-state index contributed by atoms with van der Waals surface area (Å²) in [4.78, 5) is 12.2. The number of hydrogen-bond donors (Lipinski definition) is 1. The van der Waals surface area contributed by atoms with Crippen molar-refractivity contribution in [3.63, 3.8) is 0 Å². The summed E-state index contributed by atoms with van der Waals surface area (Å²) in [6.45, 7) is 9.53. The SMILES string of the molecule is Cc1ccc(OCC(C)C)c(Cn2nc(OC(=O)NC3CCCCC3)cc2C)c1. The molecule has 1 amide bonds. The van der Waals surface area contributed by atoms with E-state index < -0.39 is 6.09 Å². The predicted molar refractivity (Wildman–Crippen MR) is 114 cm³/mol. The number of carbonyl (C=O) groups is 1. The van der Waals surface area contributed by atoms with Crippen LogP contribution >= 0.6 is 0 Å². The zero-order chi connectivity index (χ0) is 20.8. The van der Waals surface area contributed by atoms with Gasteiger partial charge in [-0.15, -0.1) is 5.10 Å². The summed E-state index contributed by atoms with van der Waals surface area (Å²) < 4.78 is 13.3. The quantitative estimate of drug-likeness (QED) is 0.711. The second kappa shape index (κ2) is 9.81. The van der Waals surface area contributed by atoms with Gasteiger partial charge in [-0.2, -0.15) is 0 Å². The molecule has 0 aliphatic heterocycles. The van der Waals surface area contributed by atoms with Crippen molar-refractivity contribution >= 4 is 6.09 Å². The Morgan fingerprint density at radius 2 is 1.97 bits per heavy atom. The summed E-state index contributed by atoms with van der Waals surface area (Å²) in [5.74, 6) is 1.66. The highest BCUT2D eigenvalue weighted by molar-refractivity contribution is 5.70. The third-order valence-electron chi connectivity index (χ3n) is 5.19. The Kier molecular flexibility index (Phi) is 7.18. The first-order valence-electron chi connectivity index (χ1n) is 10.7. The Morgan fingerprint density at radius 1 is 1.21 bits per heavy atom. The minimum Gasteiger partial charge on any atom is -0.493 e. The van der Waals surface area contributed by atoms with Crippen LogP contribution in [0.25, 0.3) is 0 Å². The van der Waals surface area contributed by atoms with Gasteiger partial charge >= 0.3 is 6.09 Å². The van der Waals surface area contributed by atoms with Crippen molar-refractivity contribution in [2.24, 2.45) is 5.92 Å². The summed E-state index contributed by atoms with van der Waals surface area (Å²) in [6.07, 6.45) is 5.20. The second-order valence-electron chi connectivity index (χ2n) is 8.47. The lowest BCUT2D eigenvalue weighted by molar-refractivity contribution is 0.189. The number of nitrogens with one attached hydrogen (secondary N) is 1. The Bertz CT molecular complexity index is 823. The highest BCUT2D eigenvalue weighted by Crippen LogP contribution is 2.23. The molecule has 0 radical (unpaired) electrons. The maximum Gasteiger partial charge on any atom is 0.414 e. The average molecular weight is 400 g/mol. The van der Waals surface area contributed by atoms with Crippen LogP contribution in [-0.4, -0.2) is 28.5 Å². The summed E-state index contributed by atoms with van der Waals surface area (Å²) in [7, 11) is 0. The fraction of sp³-hybridized carbons (Fsp3) is 0.565. The van der Waals surface area contributed by atoms with Gasteiger partial charge in [-0.1, -0.05) is 50.8 Å². The lowest BCUT2D eigenvalue weighted by Crippen LogP contribution is -2.38. The maximum atomic E-state index is 12.2. The van der Waals surface area contributed by atoms with E-state index in [0.717, 1.165) is 42.7 Å². The molecule has 158 valence electrons. The summed E-state index contributed by atoms with van der Waals surface area (Å²) in [6, 6.07) is 8.20. The third-order valence-corrected chi connectivity index (χ3v) is 5.19. The number of nitrogens with zero attached hydrogens (tertiary/aromatic N) is 2. The molecule has 1 saturated carbocycles. The van der Waals surface area contributed by atoms with Crippen LogP contribution in [0.15, 0.2) is 24.3 Å². The van der Waals surface area contributed by atoms with Crippen LogP contribution in [0.1, 0.15) is 62.8 Å². The first kappa shape index (κ1) is 21.2. The number of ether oxygens (including phenoxy) is 2. The molecule has 0 bridgehead atoms. The Morgan fingerprint density at radius 3 is 2.69 bits per heavy atom. The van der Waals surface area contributed by atoms with E-state index in [4.69, 9.17) is 9.47 Å². The number of benzene rings is 1. The zero-order valence-electron chi connectivity index (χ0n) is 18.0. The smallest absolute Gasteiger partial charge is 0.414 e. The molecule has 3 rings (SSSR count). The van der Waals surface area contributed by atoms with E-state index in [0.29, 0.717) is 24.9 Å². The molecule has 29 heavy (non-hydrogen) atoms. The molecule has 1 aromatic carbocycles. The molecule has 1 heterocycles. The van der Waals surface area contributed by atoms with Crippen LogP contribution < -0.4 is 14.8 Å². The molecule has 2 aromatic rings. The monoisotopic (exact) mass is 399 g/mol. The first-order valence-corrected chi connectivity index (χ1v) is 10.7. The highest BCUT2D eigenvalue weighted by atomic mass is 16.6. The normalized spacial score (nSPS) is 14.8. The minimum atomic E-state index is -0.418. The molecule has 1 aliphatic rings. The fourth-order valence-corrected chi connectivity index (χ4v) is 3.62. The van der Waals surface area contributed by atoms with Gasteiger partial charge in [0.15, 0.2) is 0 Å². The summed E-state index contributed by atoms with van der Waals surface area (Å²) >= 11 is 0. The third kappa shape index (κ3) is 6.24. The lowest BCUT2D eigenvalue weighted by atomic mass is 9.96. The van der Waals surface area contributed by atoms with Gasteiger partial charge < -0.3 is 14.8 Å². The van der Waals surface area contributed by atoms with Crippen LogP contribution in [0.2, 0.25) is 0 Å². The van der Waals surface area contributed by atoms with Crippen LogP contribution in [0.3, 0.4) is 0 Å². The molecular formula is C23H33N3O3. The van der Waals surface area contributed by atoms with Crippen molar-refractivity contribution in [2.75, 3.05) is 6.61 Å². The van der Waals surface area contributed by atoms with Gasteiger partial charge in [-0.3, -0.25) is 4.68 Å². The van der Waals surface area contributed by atoms with Crippen LogP contribution in [0.4, 0.5) is 4.79 Å². The molecule has 0 atom stereocenters. The van der Waals surface area contributed by atoms with Gasteiger partial charge in [0.2, 0.25) is 5.88 Å². The molecule has 1 aliphatic carbocycles. The predicted octanol–water partition coefficient (Wildman–Crippen LogP) is 5.00. The van der Waals surface area contributed by atoms with E-state index in [9.17, 15) is 4.79 Å². The van der Waals surface area contributed by atoms with Crippen molar-refractivity contribution in [1.82, 2.24) is 15.1 Å². The molecule has 0 saturated heterocycles. The van der Waals surface area contributed by atoms with E-state index in [1.807, 2.05) is 17.7 Å². The van der Waals surface area contributed by atoms with Gasteiger partial charge in [0, 0.05) is 23.4 Å². The zero-order valence-corrected chi connectivity index (χ0v) is 18.0. The van der Waals surface area contributed by atoms with Crippen LogP contribution in [-0.2, 0) is 6.54 Å². The number of aromatic nitrogens is 2. The van der Waals surface area contributed by atoms with E-state index >= 15 is 0 Å². The van der Waals surface area contributed by atoms with E-state index in [2.05, 4.69) is 43.3 Å². The maximum absolute atomic E-state index is 12.2. The highest BCUT2D eigenvalue weighted by Gasteiger charge is 2.18. The van der Waals surface area contributed by atoms with E-state index in [-0.39, 0.29) is 6.04 Å². The molecule has 0 spiro atoms. The molecule has 0 unspecified atom stereocenters. The fourth-order valence-electron chi connectivity index (χ4n) is 3.62. The Balaban J connectivity index is 1.65. The Hall–Kier alpha value is -2.50. The number of rotatable bonds is 7. The number of aryl methyl sites for hydroxylation is 2. The standard InChI is InChI=1S/C23H33N3O3/c1-16(2)15-28-21-11-10-17(3)12-19(21)14-26-18(4)13-22(25-26)29-23(27)24-20-8-6-5-7-9-20/h10-13,16,20H,5-9,14-15H2,1-4H3,(H,24,27). The van der Waals surface area contributed by atoms with Crippen molar-refractivity contribution < 1.29 is 14.3 Å². The molecular weight excluding hydrogens is 366 g/mol. The topological polar surface area (TPSA) is 65.4 Å². The van der Waals surface area contributed by atoms with Crippen molar-refractivity contribution in [3.05, 3.63) is 41.1 Å². The van der Waals surface area contributed by atoms with Gasteiger partial charge in [-0.25, -0.2) is 4.79 Å². The summed E-state index contributed by atoms with van der Waals surface area (Å²) in [5, 5.41) is 7.44. The largest absolute Gasteiger partial charge is 0.493 e. The molecule has 6 heteroatoms. The molecule has 6 nitrogen and oxygen atoms in total. The average Bonchev–Trinajstić information content (AvgIpc) is 3.00. The van der Waals surface area contributed by atoms with Crippen LogP contribution in [0.5, 0.6) is 11.6 Å². The molecule has 1 fully saturated rings. The van der Waals surface area contributed by atoms with Crippen LogP contribution in [0, 0.1) is 19.8 Å². The number of amides is 1. The van der Waals surface area contributed by atoms with Gasteiger partial charge in [-0.05, 0) is 38.7 Å². The van der Waals surface area contributed by atoms with E-state index in [1.165, 1.54) is 12.0 Å². The van der Waals surface area contributed by atoms with Crippen molar-refractivity contribution in [2.45, 2.75) is 72.4 Å². The molecule has 1 aromatic heterocycles. The lowest BCUT2D eigenvalue weighted by Gasteiger charge is -2.21. The minimum absolute atomic E-state index is 0.215. The van der Waals surface area contributed by atoms with Crippen molar-refractivity contribution in [1.29, 1.82) is 0 Å². The summed E-state index contributed by atoms with van der Waals surface area (Å²) in [5.41, 5.74) is 3.17. The van der Waals surface area contributed by atoms with Gasteiger partial charge in [0.1, 0.15) is 5.75 Å². The second-order valence-corrected chi connectivity index (χ2v) is 8.47. The Labute approximate surface area is 173 Å². The first-order chi connectivity index (χ1) is 13.9. The van der Waals surface area contributed by atoms with E-state index in [1.54, 1.807) is 6.07 Å². The van der Waals surface area contributed by atoms with Gasteiger partial charge in [0.05, 0.1) is 13.2 Å². The number of carbonyl (C=O) groups excluding carboxylic acids is 1. The van der Waals surface area contributed by atoms with Gasteiger partial charge in [0.25, 0.3) is 0 Å². The molecule has 1 N–H and O–H groups in total. The van der Waals surface area contributed by atoms with Crippen molar-refractivity contribution in [3.8, 4) is 11.6 Å². The number of hydrogen-bond acceptors (Lipinski definition) is 4.